The first-order valence-electron chi connectivity index (χ1n) is 5.46. The Morgan fingerprint density at radius 1 is 1.33 bits per heavy atom. The smallest absolute Gasteiger partial charge is 0.335 e. The van der Waals surface area contributed by atoms with Gasteiger partial charge in [-0.15, -0.1) is 0 Å². The van der Waals surface area contributed by atoms with Crippen LogP contribution in [0.4, 0.5) is 0 Å². The maximum absolute atomic E-state index is 11.5. The summed E-state index contributed by atoms with van der Waals surface area (Å²) in [6.45, 7) is 1.92. The van der Waals surface area contributed by atoms with Gasteiger partial charge < -0.3 is 10.2 Å². The zero-order valence-corrected chi connectivity index (χ0v) is 9.80. The summed E-state index contributed by atoms with van der Waals surface area (Å²) >= 11 is 0. The second-order valence-electron chi connectivity index (χ2n) is 4.21. The number of aliphatic hydroxyl groups is 1. The van der Waals surface area contributed by atoms with Gasteiger partial charge in [-0.3, -0.25) is 4.79 Å². The summed E-state index contributed by atoms with van der Waals surface area (Å²) in [6, 6.07) is 7.45. The highest BCUT2D eigenvalue weighted by Crippen LogP contribution is 2.29. The fourth-order valence-electron chi connectivity index (χ4n) is 1.91. The predicted molar refractivity (Wildman–Crippen MR) is 66.1 cm³/mol. The number of ketones is 1. The van der Waals surface area contributed by atoms with E-state index in [4.69, 9.17) is 5.11 Å². The average Bonchev–Trinajstić information content (AvgIpc) is 2.32. The highest BCUT2D eigenvalue weighted by molar-refractivity contribution is 6.13. The predicted octanol–water partition coefficient (Wildman–Crippen LogP) is 2.25. The van der Waals surface area contributed by atoms with Crippen LogP contribution < -0.4 is 0 Å². The zero-order chi connectivity index (χ0) is 13.3. The van der Waals surface area contributed by atoms with Gasteiger partial charge in [-0.1, -0.05) is 29.8 Å². The Kier molecular flexibility index (Phi) is 3.02. The SMILES string of the molecule is Cc1cccc(C2=CC(=O)C(O)=C(C(=O)O)C2)c1. The van der Waals surface area contributed by atoms with Crippen molar-refractivity contribution < 1.29 is 19.8 Å². The molecular weight excluding hydrogens is 232 g/mol. The quantitative estimate of drug-likeness (QED) is 0.836. The van der Waals surface area contributed by atoms with Gasteiger partial charge in [0.05, 0.1) is 5.57 Å². The second kappa shape index (κ2) is 4.49. The van der Waals surface area contributed by atoms with Gasteiger partial charge >= 0.3 is 5.97 Å². The number of carbonyl (C=O) groups excluding carboxylic acids is 1. The van der Waals surface area contributed by atoms with Crippen LogP contribution in [-0.4, -0.2) is 22.0 Å². The Balaban J connectivity index is 2.42. The van der Waals surface area contributed by atoms with Crippen LogP contribution in [0.2, 0.25) is 0 Å². The molecule has 2 N–H and O–H groups in total. The van der Waals surface area contributed by atoms with E-state index < -0.39 is 17.5 Å². The largest absolute Gasteiger partial charge is 0.504 e. The van der Waals surface area contributed by atoms with E-state index in [1.54, 1.807) is 0 Å². The monoisotopic (exact) mass is 244 g/mol. The minimum absolute atomic E-state index is 0.0519. The molecule has 1 aromatic rings. The van der Waals surface area contributed by atoms with Gasteiger partial charge in [0.2, 0.25) is 5.78 Å². The minimum Gasteiger partial charge on any atom is -0.504 e. The lowest BCUT2D eigenvalue weighted by atomic mass is 9.90. The first-order valence-corrected chi connectivity index (χ1v) is 5.46. The highest BCUT2D eigenvalue weighted by Gasteiger charge is 2.25. The number of aryl methyl sites for hydroxylation is 1. The number of hydrogen-bond acceptors (Lipinski definition) is 3. The van der Waals surface area contributed by atoms with Crippen LogP contribution in [0.15, 0.2) is 41.7 Å². The Labute approximate surface area is 104 Å². The molecule has 0 amide bonds. The first kappa shape index (κ1) is 12.1. The van der Waals surface area contributed by atoms with Crippen molar-refractivity contribution in [3.05, 3.63) is 52.8 Å². The molecular formula is C14H12O4. The van der Waals surface area contributed by atoms with Crippen LogP contribution in [0, 0.1) is 6.92 Å². The number of hydrogen-bond donors (Lipinski definition) is 2. The summed E-state index contributed by atoms with van der Waals surface area (Å²) < 4.78 is 0. The van der Waals surface area contributed by atoms with E-state index in [1.165, 1.54) is 6.08 Å². The molecule has 2 rings (SSSR count). The molecule has 0 atom stereocenters. The molecule has 18 heavy (non-hydrogen) atoms. The van der Waals surface area contributed by atoms with Crippen molar-refractivity contribution in [3.63, 3.8) is 0 Å². The van der Waals surface area contributed by atoms with E-state index in [1.807, 2.05) is 31.2 Å². The molecule has 0 heterocycles. The van der Waals surface area contributed by atoms with Crippen LogP contribution in [-0.2, 0) is 9.59 Å². The van der Waals surface area contributed by atoms with E-state index in [-0.39, 0.29) is 12.0 Å². The van der Waals surface area contributed by atoms with Gasteiger partial charge in [0.1, 0.15) is 0 Å². The van der Waals surface area contributed by atoms with Crippen molar-refractivity contribution in [1.82, 2.24) is 0 Å². The molecule has 4 nitrogen and oxygen atoms in total. The van der Waals surface area contributed by atoms with E-state index in [9.17, 15) is 14.7 Å². The van der Waals surface area contributed by atoms with Crippen molar-refractivity contribution in [3.8, 4) is 0 Å². The number of allylic oxidation sites excluding steroid dienone is 2. The first-order chi connectivity index (χ1) is 8.49. The molecule has 0 radical (unpaired) electrons. The standard InChI is InChI=1S/C14H12O4/c1-8-3-2-4-9(5-8)10-6-11(14(17)18)13(16)12(15)7-10/h2-5,7,16H,6H2,1H3,(H,17,18). The fourth-order valence-corrected chi connectivity index (χ4v) is 1.91. The van der Waals surface area contributed by atoms with Gasteiger partial charge in [0.25, 0.3) is 0 Å². The van der Waals surface area contributed by atoms with Crippen LogP contribution in [0.5, 0.6) is 0 Å². The molecule has 1 aliphatic rings. The number of aliphatic hydroxyl groups excluding tert-OH is 1. The third kappa shape index (κ3) is 2.18. The minimum atomic E-state index is -1.26. The summed E-state index contributed by atoms with van der Waals surface area (Å²) in [4.78, 5) is 22.5. The Morgan fingerprint density at radius 3 is 2.67 bits per heavy atom. The maximum atomic E-state index is 11.5. The van der Waals surface area contributed by atoms with E-state index in [0.717, 1.165) is 11.1 Å². The number of benzene rings is 1. The van der Waals surface area contributed by atoms with Gasteiger partial charge in [-0.2, -0.15) is 0 Å². The molecule has 0 bridgehead atoms. The highest BCUT2D eigenvalue weighted by atomic mass is 16.4. The number of aliphatic carboxylic acids is 1. The van der Waals surface area contributed by atoms with Crippen LogP contribution >= 0.6 is 0 Å². The third-order valence-corrected chi connectivity index (χ3v) is 2.84. The van der Waals surface area contributed by atoms with Crippen molar-refractivity contribution >= 4 is 17.3 Å². The Morgan fingerprint density at radius 2 is 2.06 bits per heavy atom. The molecule has 0 aromatic heterocycles. The van der Waals surface area contributed by atoms with E-state index in [0.29, 0.717) is 5.57 Å². The number of rotatable bonds is 2. The molecule has 0 spiro atoms. The normalized spacial score (nSPS) is 15.6. The van der Waals surface area contributed by atoms with Crippen LogP contribution in [0.25, 0.3) is 5.57 Å². The number of carbonyl (C=O) groups is 2. The number of carboxylic acids is 1. The Hall–Kier alpha value is -2.36. The van der Waals surface area contributed by atoms with Gasteiger partial charge in [-0.25, -0.2) is 4.79 Å². The fraction of sp³-hybridized carbons (Fsp3) is 0.143. The second-order valence-corrected chi connectivity index (χ2v) is 4.21. The maximum Gasteiger partial charge on any atom is 0.335 e. The average molecular weight is 244 g/mol. The summed E-state index contributed by atoms with van der Waals surface area (Å²) in [6.07, 6.45) is 1.34. The van der Waals surface area contributed by atoms with Crippen molar-refractivity contribution in [2.75, 3.05) is 0 Å². The van der Waals surface area contributed by atoms with Gasteiger partial charge in [0, 0.05) is 6.42 Å². The molecule has 1 aliphatic carbocycles. The van der Waals surface area contributed by atoms with Gasteiger partial charge in [0.15, 0.2) is 5.76 Å². The van der Waals surface area contributed by atoms with E-state index in [2.05, 4.69) is 0 Å². The lowest BCUT2D eigenvalue weighted by Gasteiger charge is -2.14. The van der Waals surface area contributed by atoms with Crippen molar-refractivity contribution in [2.24, 2.45) is 0 Å². The summed E-state index contributed by atoms with van der Waals surface area (Å²) in [5.41, 5.74) is 2.18. The van der Waals surface area contributed by atoms with Crippen molar-refractivity contribution in [1.29, 1.82) is 0 Å². The molecule has 0 fully saturated rings. The third-order valence-electron chi connectivity index (χ3n) is 2.84. The number of carboxylic acid groups (broad SMARTS) is 1. The lowest BCUT2D eigenvalue weighted by molar-refractivity contribution is -0.133. The van der Waals surface area contributed by atoms with E-state index >= 15 is 0 Å². The molecule has 0 aliphatic heterocycles. The van der Waals surface area contributed by atoms with Crippen LogP contribution in [0.3, 0.4) is 0 Å². The molecule has 1 aromatic carbocycles. The summed E-state index contributed by atoms with van der Waals surface area (Å²) in [5, 5.41) is 18.4. The van der Waals surface area contributed by atoms with Crippen LogP contribution in [0.1, 0.15) is 17.5 Å². The zero-order valence-electron chi connectivity index (χ0n) is 9.80. The lowest BCUT2D eigenvalue weighted by Crippen LogP contribution is -2.15. The Bertz CT molecular complexity index is 594. The van der Waals surface area contributed by atoms with Crippen molar-refractivity contribution in [2.45, 2.75) is 13.3 Å². The molecule has 0 saturated heterocycles. The molecule has 92 valence electrons. The molecule has 0 saturated carbocycles. The molecule has 4 heteroatoms. The topological polar surface area (TPSA) is 74.6 Å². The summed E-state index contributed by atoms with van der Waals surface area (Å²) in [5.74, 6) is -2.59. The summed E-state index contributed by atoms with van der Waals surface area (Å²) in [7, 11) is 0. The van der Waals surface area contributed by atoms with Gasteiger partial charge in [-0.05, 0) is 24.1 Å². The molecule has 0 unspecified atom stereocenters.